The zero-order chi connectivity index (χ0) is 32.5. The highest BCUT2D eigenvalue weighted by atomic mass is 32.2. The number of carbonyl (C=O) groups is 3. The molecule has 2 rings (SSSR count). The summed E-state index contributed by atoms with van der Waals surface area (Å²) in [7, 11) is 0.339. The Hall–Kier alpha value is -3.81. The Morgan fingerprint density at radius 1 is 0.886 bits per heavy atom. The number of likely N-dealkylation sites (N-methyl/N-ethyl adjacent to an activating group) is 1. The fourth-order valence-electron chi connectivity index (χ4n) is 4.59. The molecule has 242 valence electrons. The van der Waals surface area contributed by atoms with Gasteiger partial charge in [-0.1, -0.05) is 48.9 Å². The molecule has 0 aromatic heterocycles. The fraction of sp³-hybridized carbons (Fsp3) is 0.484. The van der Waals surface area contributed by atoms with Crippen LogP contribution in [0.1, 0.15) is 43.7 Å². The number of amides is 3. The summed E-state index contributed by atoms with van der Waals surface area (Å²) in [5.41, 5.74) is 13.2. The first kappa shape index (κ1) is 36.4. The SMILES string of the molecule is CNC(=O)[C@H](CCCCN)N[C@H](Cc1ccccc1)NC(=O)[C@@H](CCS(C)=O)NC(=O)[C@H](Cc1ccc(O)cc1)N=C(C)N. The second kappa shape index (κ2) is 19.5. The number of hydrogen-bond acceptors (Lipinski definition) is 8. The number of carbonyl (C=O) groups excluding carboxylic acids is 3. The molecule has 0 spiro atoms. The van der Waals surface area contributed by atoms with E-state index >= 15 is 0 Å². The maximum absolute atomic E-state index is 13.7. The van der Waals surface area contributed by atoms with E-state index in [2.05, 4.69) is 26.3 Å². The van der Waals surface area contributed by atoms with Crippen LogP contribution in [0.3, 0.4) is 0 Å². The first-order valence-corrected chi connectivity index (χ1v) is 16.4. The van der Waals surface area contributed by atoms with Gasteiger partial charge in [0.2, 0.25) is 17.7 Å². The van der Waals surface area contributed by atoms with E-state index in [-0.39, 0.29) is 36.1 Å². The molecule has 0 aliphatic heterocycles. The lowest BCUT2D eigenvalue weighted by Gasteiger charge is -2.28. The van der Waals surface area contributed by atoms with Gasteiger partial charge in [0, 0.05) is 42.7 Å². The molecule has 2 aromatic carbocycles. The van der Waals surface area contributed by atoms with Crippen molar-refractivity contribution in [1.29, 1.82) is 0 Å². The molecule has 44 heavy (non-hydrogen) atoms. The van der Waals surface area contributed by atoms with Gasteiger partial charge in [0.15, 0.2) is 0 Å². The lowest BCUT2D eigenvalue weighted by molar-refractivity contribution is -0.130. The van der Waals surface area contributed by atoms with Crippen molar-refractivity contribution < 1.29 is 23.7 Å². The van der Waals surface area contributed by atoms with Crippen molar-refractivity contribution in [2.24, 2.45) is 16.5 Å². The summed E-state index contributed by atoms with van der Waals surface area (Å²) in [5, 5.41) is 21.3. The lowest BCUT2D eigenvalue weighted by Crippen LogP contribution is -2.59. The van der Waals surface area contributed by atoms with E-state index in [0.717, 1.165) is 24.0 Å². The summed E-state index contributed by atoms with van der Waals surface area (Å²) in [6.07, 6.45) is 3.53. The highest BCUT2D eigenvalue weighted by molar-refractivity contribution is 7.84. The van der Waals surface area contributed by atoms with Crippen molar-refractivity contribution in [3.8, 4) is 5.75 Å². The van der Waals surface area contributed by atoms with Crippen LogP contribution >= 0.6 is 0 Å². The van der Waals surface area contributed by atoms with E-state index in [1.54, 1.807) is 26.1 Å². The summed E-state index contributed by atoms with van der Waals surface area (Å²) in [6.45, 7) is 2.07. The molecule has 0 bridgehead atoms. The minimum Gasteiger partial charge on any atom is -0.508 e. The van der Waals surface area contributed by atoms with E-state index in [4.69, 9.17) is 11.5 Å². The number of nitrogens with one attached hydrogen (secondary N) is 4. The van der Waals surface area contributed by atoms with Gasteiger partial charge in [-0.15, -0.1) is 0 Å². The van der Waals surface area contributed by atoms with Crippen LogP contribution in [0.5, 0.6) is 5.75 Å². The van der Waals surface area contributed by atoms with E-state index in [1.807, 2.05) is 30.3 Å². The number of aliphatic imine (C=N–C) groups is 1. The first-order chi connectivity index (χ1) is 21.0. The Bertz CT molecular complexity index is 1240. The number of rotatable bonds is 19. The Morgan fingerprint density at radius 3 is 2.14 bits per heavy atom. The van der Waals surface area contributed by atoms with Crippen molar-refractivity contribution in [3.63, 3.8) is 0 Å². The number of nitrogens with zero attached hydrogens (tertiary/aromatic N) is 1. The van der Waals surface area contributed by atoms with Gasteiger partial charge >= 0.3 is 0 Å². The predicted octanol–water partition coefficient (Wildman–Crippen LogP) is 0.452. The third kappa shape index (κ3) is 13.7. The highest BCUT2D eigenvalue weighted by Gasteiger charge is 2.29. The lowest BCUT2D eigenvalue weighted by atomic mass is 10.0. The van der Waals surface area contributed by atoms with Crippen LogP contribution < -0.4 is 32.7 Å². The molecule has 0 fully saturated rings. The molecule has 0 heterocycles. The van der Waals surface area contributed by atoms with Gasteiger partial charge in [0.05, 0.1) is 18.0 Å². The summed E-state index contributed by atoms with van der Waals surface area (Å²) in [6, 6.07) is 13.3. The van der Waals surface area contributed by atoms with Gasteiger partial charge in [-0.2, -0.15) is 0 Å². The van der Waals surface area contributed by atoms with Crippen molar-refractivity contribution in [3.05, 3.63) is 65.7 Å². The van der Waals surface area contributed by atoms with E-state index in [0.29, 0.717) is 19.4 Å². The van der Waals surface area contributed by atoms with Gasteiger partial charge in [0.1, 0.15) is 17.8 Å². The molecule has 12 nitrogen and oxygen atoms in total. The van der Waals surface area contributed by atoms with Crippen LogP contribution in [0.2, 0.25) is 0 Å². The average molecular weight is 630 g/mol. The maximum atomic E-state index is 13.7. The largest absolute Gasteiger partial charge is 0.508 e. The Kier molecular flexibility index (Phi) is 16.1. The molecule has 3 amide bonds. The van der Waals surface area contributed by atoms with Crippen LogP contribution in [0, 0.1) is 0 Å². The van der Waals surface area contributed by atoms with Crippen LogP contribution in [0.4, 0.5) is 0 Å². The van der Waals surface area contributed by atoms with Crippen molar-refractivity contribution in [1.82, 2.24) is 21.3 Å². The van der Waals surface area contributed by atoms with Crippen LogP contribution in [-0.2, 0) is 38.0 Å². The second-order valence-electron chi connectivity index (χ2n) is 10.7. The van der Waals surface area contributed by atoms with Crippen molar-refractivity contribution >= 4 is 34.4 Å². The molecule has 9 N–H and O–H groups in total. The Morgan fingerprint density at radius 2 is 1.55 bits per heavy atom. The van der Waals surface area contributed by atoms with E-state index in [9.17, 15) is 23.7 Å². The van der Waals surface area contributed by atoms with E-state index in [1.165, 1.54) is 18.4 Å². The molecule has 0 aliphatic rings. The van der Waals surface area contributed by atoms with Crippen LogP contribution in [0.25, 0.3) is 0 Å². The minimum absolute atomic E-state index is 0.0919. The van der Waals surface area contributed by atoms with E-state index < -0.39 is 46.9 Å². The third-order valence-electron chi connectivity index (χ3n) is 6.87. The minimum atomic E-state index is -1.22. The maximum Gasteiger partial charge on any atom is 0.245 e. The average Bonchev–Trinajstić information content (AvgIpc) is 2.99. The molecule has 5 atom stereocenters. The summed E-state index contributed by atoms with van der Waals surface area (Å²) in [5.74, 6) is -0.769. The van der Waals surface area contributed by atoms with Gasteiger partial charge in [-0.05, 0) is 56.0 Å². The standard InChI is InChI=1S/C31H47N7O5S/c1-21(33)35-27(19-23-12-14-24(39)15-13-23)31(42)37-26(16-18-44(3)43)30(41)38-28(20-22-9-5-4-6-10-22)36-25(29(40)34-2)11-7-8-17-32/h4-6,9-10,12-15,25-28,36,39H,7-8,11,16-20,32H2,1-3H3,(H2,33,35)(H,34,40)(H,37,42)(H,38,41)/t25-,26+,27-,28-,44?/m0/s1. The molecular weight excluding hydrogens is 582 g/mol. The number of hydrogen-bond donors (Lipinski definition) is 7. The third-order valence-corrected chi connectivity index (χ3v) is 7.68. The fourth-order valence-corrected chi connectivity index (χ4v) is 5.16. The van der Waals surface area contributed by atoms with Crippen LogP contribution in [0.15, 0.2) is 59.6 Å². The molecule has 13 heteroatoms. The molecule has 1 unspecified atom stereocenters. The van der Waals surface area contributed by atoms with Gasteiger partial charge in [-0.25, -0.2) is 0 Å². The number of amidine groups is 1. The highest BCUT2D eigenvalue weighted by Crippen LogP contribution is 2.13. The first-order valence-electron chi connectivity index (χ1n) is 14.7. The monoisotopic (exact) mass is 629 g/mol. The topological polar surface area (TPSA) is 201 Å². The summed E-state index contributed by atoms with van der Waals surface area (Å²) < 4.78 is 12.0. The van der Waals surface area contributed by atoms with Crippen molar-refractivity contribution in [2.45, 2.75) is 69.7 Å². The molecule has 0 radical (unpaired) electrons. The van der Waals surface area contributed by atoms with Gasteiger partial charge < -0.3 is 32.5 Å². The number of phenols is 1. The molecular formula is C31H47N7O5S. The Labute approximate surface area is 262 Å². The molecule has 0 aliphatic carbocycles. The number of aromatic hydroxyl groups is 1. The Balaban J connectivity index is 2.30. The van der Waals surface area contributed by atoms with Gasteiger partial charge in [-0.3, -0.25) is 28.9 Å². The summed E-state index contributed by atoms with van der Waals surface area (Å²) >= 11 is 0. The normalized spacial score (nSPS) is 15.0. The zero-order valence-corrected chi connectivity index (χ0v) is 26.6. The quantitative estimate of drug-likeness (QED) is 0.0502. The van der Waals surface area contributed by atoms with Gasteiger partial charge in [0.25, 0.3) is 0 Å². The number of unbranched alkanes of at least 4 members (excludes halogenated alkanes) is 1. The number of benzene rings is 2. The van der Waals surface area contributed by atoms with Crippen molar-refractivity contribution in [2.75, 3.05) is 25.6 Å². The molecule has 2 aromatic rings. The zero-order valence-electron chi connectivity index (χ0n) is 25.8. The number of nitrogens with two attached hydrogens (primary N) is 2. The number of phenolic OH excluding ortho intramolecular Hbond substituents is 1. The van der Waals surface area contributed by atoms with Crippen LogP contribution in [-0.4, -0.2) is 82.8 Å². The smallest absolute Gasteiger partial charge is 0.245 e. The second-order valence-corrected chi connectivity index (χ2v) is 12.2. The molecule has 0 saturated heterocycles. The predicted molar refractivity (Wildman–Crippen MR) is 174 cm³/mol. The summed E-state index contributed by atoms with van der Waals surface area (Å²) in [4.78, 5) is 44.2. The molecule has 0 saturated carbocycles.